The molecule has 1 aliphatic rings. The van der Waals surface area contributed by atoms with E-state index in [0.29, 0.717) is 19.8 Å². The summed E-state index contributed by atoms with van der Waals surface area (Å²) in [5.74, 6) is -0.260. The number of fused-ring (bicyclic) bond motifs is 1. The van der Waals surface area contributed by atoms with Crippen LogP contribution in [-0.2, 0) is 17.8 Å². The maximum Gasteiger partial charge on any atom is 0.259 e. The van der Waals surface area contributed by atoms with Crippen LogP contribution in [0.4, 0.5) is 10.1 Å². The van der Waals surface area contributed by atoms with Crippen molar-refractivity contribution in [3.05, 3.63) is 62.8 Å². The number of aryl methyl sites for hydroxylation is 1. The zero-order valence-corrected chi connectivity index (χ0v) is 18.3. The molecule has 0 bridgehead atoms. The van der Waals surface area contributed by atoms with Crippen LogP contribution >= 0.6 is 11.3 Å². The van der Waals surface area contributed by atoms with Crippen molar-refractivity contribution in [1.29, 1.82) is 0 Å². The molecule has 0 saturated carbocycles. The van der Waals surface area contributed by atoms with Gasteiger partial charge in [0.1, 0.15) is 5.82 Å². The van der Waals surface area contributed by atoms with Crippen molar-refractivity contribution in [2.24, 2.45) is 0 Å². The highest BCUT2D eigenvalue weighted by Gasteiger charge is 2.18. The number of anilines is 1. The Hall–Kier alpha value is -2.29. The van der Waals surface area contributed by atoms with E-state index in [1.54, 1.807) is 33.9 Å². The topological polar surface area (TPSA) is 50.1 Å². The van der Waals surface area contributed by atoms with Gasteiger partial charge in [0.2, 0.25) is 0 Å². The molecule has 8 heteroatoms. The first kappa shape index (κ1) is 21.0. The molecule has 0 spiro atoms. The first-order chi connectivity index (χ1) is 14.5. The summed E-state index contributed by atoms with van der Waals surface area (Å²) in [6.07, 6.45) is 2.18. The quantitative estimate of drug-likeness (QED) is 0.595. The predicted molar refractivity (Wildman–Crippen MR) is 118 cm³/mol. The Morgan fingerprint density at radius 1 is 1.27 bits per heavy atom. The molecule has 3 heterocycles. The summed E-state index contributed by atoms with van der Waals surface area (Å²) in [5.41, 5.74) is 2.57. The second-order valence-corrected chi connectivity index (χ2v) is 8.78. The molecule has 1 fully saturated rings. The molecule has 0 atom stereocenters. The lowest BCUT2D eigenvalue weighted by atomic mass is 10.2. The van der Waals surface area contributed by atoms with Crippen molar-refractivity contribution >= 4 is 22.0 Å². The third-order valence-corrected chi connectivity index (χ3v) is 6.45. The standard InChI is InChI=1S/C22H27FN4O2S/c1-3-26(19-8-6-17(23)7-9-19)13-18-12-21(28)27-20(16(2)30-22(27)24-18)14-25-10-4-5-11-29-15-25/h6-9,12H,3-5,10-11,13-15H2,1-2H3. The van der Waals surface area contributed by atoms with E-state index in [1.807, 2.05) is 13.8 Å². The van der Waals surface area contributed by atoms with Crippen LogP contribution in [0.25, 0.3) is 4.96 Å². The van der Waals surface area contributed by atoms with Gasteiger partial charge in [-0.3, -0.25) is 14.1 Å². The summed E-state index contributed by atoms with van der Waals surface area (Å²) in [7, 11) is 0. The molecule has 1 aliphatic heterocycles. The molecule has 4 rings (SSSR count). The van der Waals surface area contributed by atoms with E-state index in [2.05, 4.69) is 9.80 Å². The highest BCUT2D eigenvalue weighted by molar-refractivity contribution is 7.17. The fourth-order valence-corrected chi connectivity index (χ4v) is 4.81. The van der Waals surface area contributed by atoms with Gasteiger partial charge in [0.25, 0.3) is 5.56 Å². The molecular weight excluding hydrogens is 403 g/mol. The summed E-state index contributed by atoms with van der Waals surface area (Å²) >= 11 is 1.55. The van der Waals surface area contributed by atoms with Gasteiger partial charge < -0.3 is 9.64 Å². The lowest BCUT2D eigenvalue weighted by Crippen LogP contribution is -2.28. The lowest BCUT2D eigenvalue weighted by molar-refractivity contribution is 0.0447. The van der Waals surface area contributed by atoms with Crippen LogP contribution in [0.1, 0.15) is 36.0 Å². The van der Waals surface area contributed by atoms with Crippen molar-refractivity contribution in [2.45, 2.75) is 39.8 Å². The number of rotatable bonds is 6. The Morgan fingerprint density at radius 3 is 2.83 bits per heavy atom. The Morgan fingerprint density at radius 2 is 2.07 bits per heavy atom. The zero-order valence-electron chi connectivity index (χ0n) is 17.4. The molecule has 0 aliphatic carbocycles. The molecule has 3 aromatic rings. The number of thiazole rings is 1. The van der Waals surface area contributed by atoms with Gasteiger partial charge in [-0.2, -0.15) is 0 Å². The summed E-state index contributed by atoms with van der Waals surface area (Å²) < 4.78 is 20.7. The van der Waals surface area contributed by atoms with Gasteiger partial charge in [-0.1, -0.05) is 0 Å². The number of ether oxygens (including phenoxy) is 1. The number of nitrogens with zero attached hydrogens (tertiary/aromatic N) is 4. The van der Waals surface area contributed by atoms with Crippen molar-refractivity contribution in [3.63, 3.8) is 0 Å². The first-order valence-electron chi connectivity index (χ1n) is 10.4. The van der Waals surface area contributed by atoms with E-state index in [0.717, 1.165) is 59.5 Å². The second kappa shape index (κ2) is 9.24. The largest absolute Gasteiger partial charge is 0.366 e. The van der Waals surface area contributed by atoms with Crippen LogP contribution in [0.15, 0.2) is 35.1 Å². The van der Waals surface area contributed by atoms with Crippen molar-refractivity contribution in [3.8, 4) is 0 Å². The normalized spacial score (nSPS) is 15.4. The number of benzene rings is 1. The SMILES string of the molecule is CCN(Cc1cc(=O)n2c(CN3CCCCOC3)c(C)sc2n1)c1ccc(F)cc1. The van der Waals surface area contributed by atoms with E-state index in [4.69, 9.17) is 9.72 Å². The molecule has 1 aromatic carbocycles. The number of aromatic nitrogens is 2. The predicted octanol–water partition coefficient (Wildman–Crippen LogP) is 3.80. The zero-order chi connectivity index (χ0) is 21.1. The number of halogens is 1. The fourth-order valence-electron chi connectivity index (χ4n) is 3.81. The van der Waals surface area contributed by atoms with E-state index in [1.165, 1.54) is 12.1 Å². The second-order valence-electron chi connectivity index (χ2n) is 7.60. The van der Waals surface area contributed by atoms with Gasteiger partial charge in [-0.25, -0.2) is 9.37 Å². The molecule has 0 N–H and O–H groups in total. The average Bonchev–Trinajstić information content (AvgIpc) is 2.89. The van der Waals surface area contributed by atoms with Crippen LogP contribution in [0.5, 0.6) is 0 Å². The minimum absolute atomic E-state index is 0.0553. The van der Waals surface area contributed by atoms with E-state index in [9.17, 15) is 9.18 Å². The molecule has 160 valence electrons. The van der Waals surface area contributed by atoms with Crippen LogP contribution in [0.2, 0.25) is 0 Å². The molecular formula is C22H27FN4O2S. The highest BCUT2D eigenvalue weighted by atomic mass is 32.1. The highest BCUT2D eigenvalue weighted by Crippen LogP contribution is 2.23. The minimum Gasteiger partial charge on any atom is -0.366 e. The number of hydrogen-bond acceptors (Lipinski definition) is 6. The van der Waals surface area contributed by atoms with Gasteiger partial charge in [-0.05, 0) is 51.0 Å². The third-order valence-electron chi connectivity index (χ3n) is 5.45. The smallest absolute Gasteiger partial charge is 0.259 e. The van der Waals surface area contributed by atoms with Gasteiger partial charge >= 0.3 is 0 Å². The van der Waals surface area contributed by atoms with Gasteiger partial charge in [0.15, 0.2) is 4.96 Å². The average molecular weight is 431 g/mol. The van der Waals surface area contributed by atoms with Crippen molar-refractivity contribution in [1.82, 2.24) is 14.3 Å². The van der Waals surface area contributed by atoms with Gasteiger partial charge in [0.05, 0.1) is 24.7 Å². The maximum absolute atomic E-state index is 13.3. The number of hydrogen-bond donors (Lipinski definition) is 0. The molecule has 0 unspecified atom stereocenters. The lowest BCUT2D eigenvalue weighted by Gasteiger charge is -2.22. The van der Waals surface area contributed by atoms with E-state index < -0.39 is 0 Å². The molecule has 6 nitrogen and oxygen atoms in total. The first-order valence-corrected chi connectivity index (χ1v) is 11.2. The molecule has 0 radical (unpaired) electrons. The van der Waals surface area contributed by atoms with Crippen LogP contribution in [0, 0.1) is 12.7 Å². The molecule has 1 saturated heterocycles. The van der Waals surface area contributed by atoms with Crippen LogP contribution in [-0.4, -0.2) is 40.7 Å². The monoisotopic (exact) mass is 430 g/mol. The minimum atomic E-state index is -0.260. The Balaban J connectivity index is 1.60. The third kappa shape index (κ3) is 4.55. The molecule has 2 aromatic heterocycles. The van der Waals surface area contributed by atoms with Gasteiger partial charge in [-0.15, -0.1) is 11.3 Å². The van der Waals surface area contributed by atoms with Crippen molar-refractivity contribution in [2.75, 3.05) is 31.3 Å². The van der Waals surface area contributed by atoms with Crippen LogP contribution < -0.4 is 10.5 Å². The Bertz CT molecular complexity index is 1060. The summed E-state index contributed by atoms with van der Waals surface area (Å²) in [5, 5.41) is 0. The molecule has 30 heavy (non-hydrogen) atoms. The summed E-state index contributed by atoms with van der Waals surface area (Å²) in [6.45, 7) is 8.36. The maximum atomic E-state index is 13.3. The van der Waals surface area contributed by atoms with Crippen LogP contribution in [0.3, 0.4) is 0 Å². The van der Waals surface area contributed by atoms with Crippen molar-refractivity contribution < 1.29 is 9.13 Å². The molecule has 0 amide bonds. The van der Waals surface area contributed by atoms with E-state index in [-0.39, 0.29) is 11.4 Å². The van der Waals surface area contributed by atoms with E-state index >= 15 is 0 Å². The Labute approximate surface area is 179 Å². The Kier molecular flexibility index (Phi) is 6.46. The summed E-state index contributed by atoms with van der Waals surface area (Å²) in [4.78, 5) is 23.9. The fraction of sp³-hybridized carbons (Fsp3) is 0.455. The van der Waals surface area contributed by atoms with Gasteiger partial charge in [0, 0.05) is 42.9 Å². The summed E-state index contributed by atoms with van der Waals surface area (Å²) in [6, 6.07) is 8.02.